The van der Waals surface area contributed by atoms with E-state index < -0.39 is 0 Å². The van der Waals surface area contributed by atoms with Crippen molar-refractivity contribution in [2.24, 2.45) is 0 Å². The van der Waals surface area contributed by atoms with Gasteiger partial charge in [0.2, 0.25) is 0 Å². The van der Waals surface area contributed by atoms with Crippen molar-refractivity contribution >= 4 is 10.8 Å². The molecule has 18 heavy (non-hydrogen) atoms. The molecule has 0 spiro atoms. The molecule has 0 amide bonds. The third kappa shape index (κ3) is 1.81. The van der Waals surface area contributed by atoms with E-state index in [1.165, 1.54) is 0 Å². The molecule has 0 aliphatic carbocycles. The number of hydrogen-bond donors (Lipinski definition) is 1. The normalized spacial score (nSPS) is 19.3. The fraction of sp³-hybridized carbons (Fsp3) is 0.333. The zero-order chi connectivity index (χ0) is 12.5. The first-order chi connectivity index (χ1) is 8.79. The standard InChI is InChI=1S/C15H16O3/c1-17-11-6-4-10-5-7-13(16)15(12(10)9-11)14-3-2-8-18-14/h4-7,9,14,16H,2-3,8H2,1H3. The number of phenols is 1. The molecule has 1 N–H and O–H groups in total. The van der Waals surface area contributed by atoms with Crippen molar-refractivity contribution in [3.05, 3.63) is 35.9 Å². The van der Waals surface area contributed by atoms with Crippen molar-refractivity contribution in [2.45, 2.75) is 18.9 Å². The van der Waals surface area contributed by atoms with Gasteiger partial charge < -0.3 is 14.6 Å². The molecule has 0 saturated carbocycles. The summed E-state index contributed by atoms with van der Waals surface area (Å²) in [4.78, 5) is 0. The summed E-state index contributed by atoms with van der Waals surface area (Å²) in [6.07, 6.45) is 2.01. The molecule has 1 saturated heterocycles. The largest absolute Gasteiger partial charge is 0.508 e. The summed E-state index contributed by atoms with van der Waals surface area (Å²) in [5, 5.41) is 12.2. The van der Waals surface area contributed by atoms with Gasteiger partial charge in [0, 0.05) is 12.2 Å². The first kappa shape index (κ1) is 11.4. The number of fused-ring (bicyclic) bond motifs is 1. The molecule has 1 heterocycles. The Morgan fingerprint density at radius 1 is 1.28 bits per heavy atom. The molecule has 2 aromatic rings. The third-order valence-electron chi connectivity index (χ3n) is 3.50. The summed E-state index contributed by atoms with van der Waals surface area (Å²) in [5.74, 6) is 1.11. The molecule has 3 nitrogen and oxygen atoms in total. The van der Waals surface area contributed by atoms with Gasteiger partial charge in [-0.05, 0) is 41.8 Å². The van der Waals surface area contributed by atoms with Crippen LogP contribution in [0.5, 0.6) is 11.5 Å². The molecule has 94 valence electrons. The van der Waals surface area contributed by atoms with Crippen molar-refractivity contribution < 1.29 is 14.6 Å². The molecular weight excluding hydrogens is 228 g/mol. The summed E-state index contributed by atoms with van der Waals surface area (Å²) < 4.78 is 11.0. The van der Waals surface area contributed by atoms with Crippen LogP contribution >= 0.6 is 0 Å². The Morgan fingerprint density at radius 3 is 2.83 bits per heavy atom. The van der Waals surface area contributed by atoms with Gasteiger partial charge >= 0.3 is 0 Å². The summed E-state index contributed by atoms with van der Waals surface area (Å²) in [6, 6.07) is 9.56. The van der Waals surface area contributed by atoms with Gasteiger partial charge in [-0.25, -0.2) is 0 Å². The molecular formula is C15H16O3. The zero-order valence-corrected chi connectivity index (χ0v) is 10.3. The Morgan fingerprint density at radius 2 is 2.11 bits per heavy atom. The highest BCUT2D eigenvalue weighted by Crippen LogP contribution is 2.40. The molecule has 0 radical (unpaired) electrons. The first-order valence-electron chi connectivity index (χ1n) is 6.21. The molecule has 1 unspecified atom stereocenters. The van der Waals surface area contributed by atoms with Gasteiger partial charge in [0.1, 0.15) is 11.5 Å². The highest BCUT2D eigenvalue weighted by molar-refractivity contribution is 5.89. The lowest BCUT2D eigenvalue weighted by Crippen LogP contribution is -1.98. The van der Waals surface area contributed by atoms with E-state index in [4.69, 9.17) is 9.47 Å². The Balaban J connectivity index is 2.22. The first-order valence-corrected chi connectivity index (χ1v) is 6.21. The summed E-state index contributed by atoms with van der Waals surface area (Å²) in [5.41, 5.74) is 0.893. The minimum atomic E-state index is 0.000746. The maximum absolute atomic E-state index is 10.1. The van der Waals surface area contributed by atoms with Crippen molar-refractivity contribution in [3.8, 4) is 11.5 Å². The maximum atomic E-state index is 10.1. The van der Waals surface area contributed by atoms with Crippen LogP contribution in [0, 0.1) is 0 Å². The van der Waals surface area contributed by atoms with E-state index in [2.05, 4.69) is 0 Å². The van der Waals surface area contributed by atoms with Gasteiger partial charge in [-0.3, -0.25) is 0 Å². The van der Waals surface area contributed by atoms with E-state index in [9.17, 15) is 5.11 Å². The summed E-state index contributed by atoms with van der Waals surface area (Å²) >= 11 is 0. The van der Waals surface area contributed by atoms with E-state index in [-0.39, 0.29) is 6.10 Å². The smallest absolute Gasteiger partial charge is 0.122 e. The average molecular weight is 244 g/mol. The zero-order valence-electron chi connectivity index (χ0n) is 10.3. The Hall–Kier alpha value is -1.74. The van der Waals surface area contributed by atoms with Crippen molar-refractivity contribution in [1.29, 1.82) is 0 Å². The third-order valence-corrected chi connectivity index (χ3v) is 3.50. The van der Waals surface area contributed by atoms with Crippen LogP contribution in [-0.4, -0.2) is 18.8 Å². The Bertz CT molecular complexity index is 571. The molecule has 1 aliphatic heterocycles. The van der Waals surface area contributed by atoms with Crippen molar-refractivity contribution in [1.82, 2.24) is 0 Å². The van der Waals surface area contributed by atoms with Gasteiger partial charge in [-0.1, -0.05) is 12.1 Å². The molecule has 1 fully saturated rings. The lowest BCUT2D eigenvalue weighted by molar-refractivity contribution is 0.111. The lowest BCUT2D eigenvalue weighted by atomic mass is 9.97. The topological polar surface area (TPSA) is 38.7 Å². The van der Waals surface area contributed by atoms with Crippen LogP contribution in [0.2, 0.25) is 0 Å². The van der Waals surface area contributed by atoms with E-state index in [1.807, 2.05) is 24.3 Å². The predicted molar refractivity (Wildman–Crippen MR) is 70.1 cm³/mol. The number of methoxy groups -OCH3 is 1. The molecule has 2 aromatic carbocycles. The second-order valence-corrected chi connectivity index (χ2v) is 4.59. The average Bonchev–Trinajstić information content (AvgIpc) is 2.91. The monoisotopic (exact) mass is 244 g/mol. The highest BCUT2D eigenvalue weighted by atomic mass is 16.5. The predicted octanol–water partition coefficient (Wildman–Crippen LogP) is 3.41. The van der Waals surface area contributed by atoms with E-state index in [1.54, 1.807) is 13.2 Å². The van der Waals surface area contributed by atoms with Crippen LogP contribution < -0.4 is 4.74 Å². The molecule has 0 aromatic heterocycles. The van der Waals surface area contributed by atoms with Crippen LogP contribution in [0.15, 0.2) is 30.3 Å². The molecule has 1 atom stereocenters. The van der Waals surface area contributed by atoms with E-state index in [0.29, 0.717) is 5.75 Å². The van der Waals surface area contributed by atoms with E-state index in [0.717, 1.165) is 41.5 Å². The maximum Gasteiger partial charge on any atom is 0.122 e. The molecule has 3 heteroatoms. The number of aromatic hydroxyl groups is 1. The van der Waals surface area contributed by atoms with Crippen LogP contribution in [0.3, 0.4) is 0 Å². The minimum Gasteiger partial charge on any atom is -0.508 e. The molecule has 3 rings (SSSR count). The van der Waals surface area contributed by atoms with Gasteiger partial charge in [-0.15, -0.1) is 0 Å². The van der Waals surface area contributed by atoms with Crippen molar-refractivity contribution in [2.75, 3.05) is 13.7 Å². The number of ether oxygens (including phenoxy) is 2. The molecule has 1 aliphatic rings. The summed E-state index contributed by atoms with van der Waals surface area (Å²) in [7, 11) is 1.65. The van der Waals surface area contributed by atoms with Gasteiger partial charge in [0.05, 0.1) is 13.2 Å². The van der Waals surface area contributed by atoms with Crippen LogP contribution in [-0.2, 0) is 4.74 Å². The fourth-order valence-electron chi connectivity index (χ4n) is 2.58. The van der Waals surface area contributed by atoms with Crippen LogP contribution in [0.4, 0.5) is 0 Å². The number of rotatable bonds is 2. The van der Waals surface area contributed by atoms with Crippen LogP contribution in [0.1, 0.15) is 24.5 Å². The second kappa shape index (κ2) is 4.50. The van der Waals surface area contributed by atoms with Crippen molar-refractivity contribution in [3.63, 3.8) is 0 Å². The number of benzene rings is 2. The second-order valence-electron chi connectivity index (χ2n) is 4.59. The number of hydrogen-bond acceptors (Lipinski definition) is 3. The highest BCUT2D eigenvalue weighted by Gasteiger charge is 2.23. The summed E-state index contributed by atoms with van der Waals surface area (Å²) in [6.45, 7) is 0.768. The lowest BCUT2D eigenvalue weighted by Gasteiger charge is -2.15. The van der Waals surface area contributed by atoms with Crippen LogP contribution in [0.25, 0.3) is 10.8 Å². The minimum absolute atomic E-state index is 0.000746. The Labute approximate surface area is 106 Å². The van der Waals surface area contributed by atoms with E-state index >= 15 is 0 Å². The fourth-order valence-corrected chi connectivity index (χ4v) is 2.58. The quantitative estimate of drug-likeness (QED) is 0.879. The number of phenolic OH excluding ortho intramolecular Hbond substituents is 1. The van der Waals surface area contributed by atoms with Gasteiger partial charge in [-0.2, -0.15) is 0 Å². The van der Waals surface area contributed by atoms with Gasteiger partial charge in [0.15, 0.2) is 0 Å². The van der Waals surface area contributed by atoms with Gasteiger partial charge in [0.25, 0.3) is 0 Å². The SMILES string of the molecule is COc1ccc2ccc(O)c(C3CCCO3)c2c1. The Kier molecular flexibility index (Phi) is 2.84. The molecule has 0 bridgehead atoms.